The number of fused-ring (bicyclic) bond motifs is 1. The van der Waals surface area contributed by atoms with Crippen LogP contribution in [-0.4, -0.2) is 71.3 Å². The summed E-state index contributed by atoms with van der Waals surface area (Å²) in [7, 11) is 2.12. The van der Waals surface area contributed by atoms with Crippen molar-refractivity contribution in [2.45, 2.75) is 77.3 Å². The highest BCUT2D eigenvalue weighted by Crippen LogP contribution is 2.27. The largest absolute Gasteiger partial charge is 0.335 e. The summed E-state index contributed by atoms with van der Waals surface area (Å²) in [6.07, 6.45) is 13.0. The number of rotatable bonds is 7. The van der Waals surface area contributed by atoms with E-state index in [0.29, 0.717) is 6.04 Å². The molecule has 6 nitrogen and oxygen atoms in total. The van der Waals surface area contributed by atoms with E-state index in [0.717, 1.165) is 70.6 Å². The van der Waals surface area contributed by atoms with Crippen LogP contribution >= 0.6 is 0 Å². The summed E-state index contributed by atoms with van der Waals surface area (Å²) in [5.74, 6) is 0.141. The number of carbonyl (C=O) groups excluding carboxylic acids is 1. The molecule has 1 aromatic heterocycles. The highest BCUT2D eigenvalue weighted by atomic mass is 16.2. The fourth-order valence-electron chi connectivity index (χ4n) is 5.16. The van der Waals surface area contributed by atoms with Crippen LogP contribution in [0.4, 0.5) is 0 Å². The fourth-order valence-corrected chi connectivity index (χ4v) is 5.16. The molecule has 1 saturated heterocycles. The van der Waals surface area contributed by atoms with Crippen LogP contribution in [0.2, 0.25) is 0 Å². The van der Waals surface area contributed by atoms with Gasteiger partial charge in [0.1, 0.15) is 0 Å². The Labute approximate surface area is 181 Å². The molecule has 0 aromatic carbocycles. The number of nitrogens with one attached hydrogen (secondary N) is 1. The lowest BCUT2D eigenvalue weighted by Gasteiger charge is -2.32. The number of hydrogen-bond donors (Lipinski definition) is 1. The number of allylic oxidation sites excluding steroid dienone is 1. The number of aromatic nitrogens is 2. The number of aryl methyl sites for hydroxylation is 1. The molecule has 30 heavy (non-hydrogen) atoms. The highest BCUT2D eigenvalue weighted by molar-refractivity contribution is 5.94. The SMILES string of the molecule is CCCn1nc(C(=O)N2CCN(C)CC2)c2c1CCC(NCCC1=CCCCC1)C2. The first-order valence-corrected chi connectivity index (χ1v) is 12.1. The van der Waals surface area contributed by atoms with Crippen molar-refractivity contribution in [2.75, 3.05) is 39.8 Å². The van der Waals surface area contributed by atoms with E-state index < -0.39 is 0 Å². The van der Waals surface area contributed by atoms with Gasteiger partial charge in [-0.1, -0.05) is 18.6 Å². The smallest absolute Gasteiger partial charge is 0.274 e. The molecule has 1 N–H and O–H groups in total. The van der Waals surface area contributed by atoms with Gasteiger partial charge in [-0.2, -0.15) is 5.10 Å². The van der Waals surface area contributed by atoms with E-state index in [1.807, 2.05) is 4.90 Å². The predicted octanol–water partition coefficient (Wildman–Crippen LogP) is 3.02. The Morgan fingerprint density at radius 2 is 2.03 bits per heavy atom. The zero-order valence-corrected chi connectivity index (χ0v) is 19.0. The van der Waals surface area contributed by atoms with E-state index in [4.69, 9.17) is 5.10 Å². The quantitative estimate of drug-likeness (QED) is 0.698. The van der Waals surface area contributed by atoms with Crippen LogP contribution < -0.4 is 5.32 Å². The van der Waals surface area contributed by atoms with E-state index in [1.165, 1.54) is 43.4 Å². The van der Waals surface area contributed by atoms with Crippen LogP contribution in [0.1, 0.15) is 73.6 Å². The van der Waals surface area contributed by atoms with Crippen LogP contribution in [0, 0.1) is 0 Å². The molecular weight excluding hydrogens is 374 g/mol. The first kappa shape index (κ1) is 21.6. The molecular formula is C24H39N5O. The third kappa shape index (κ3) is 4.97. The Bertz CT molecular complexity index is 760. The van der Waals surface area contributed by atoms with Crippen molar-refractivity contribution >= 4 is 5.91 Å². The van der Waals surface area contributed by atoms with Gasteiger partial charge in [-0.25, -0.2) is 0 Å². The Kier molecular flexibility index (Phi) is 7.26. The van der Waals surface area contributed by atoms with Gasteiger partial charge in [0.15, 0.2) is 5.69 Å². The van der Waals surface area contributed by atoms with E-state index in [2.05, 4.69) is 34.9 Å². The molecule has 2 heterocycles. The third-order valence-corrected chi connectivity index (χ3v) is 7.04. The standard InChI is InChI=1S/C24H39N5O/c1-3-13-29-22-10-9-20(25-12-11-19-7-5-4-6-8-19)18-21(22)23(26-29)24(30)28-16-14-27(2)15-17-28/h7,20,25H,3-6,8-18H2,1-2H3. The van der Waals surface area contributed by atoms with E-state index in [1.54, 1.807) is 5.57 Å². The van der Waals surface area contributed by atoms with Crippen LogP contribution in [-0.2, 0) is 19.4 Å². The van der Waals surface area contributed by atoms with Crippen molar-refractivity contribution in [1.29, 1.82) is 0 Å². The average molecular weight is 414 g/mol. The van der Waals surface area contributed by atoms with Gasteiger partial charge in [0.2, 0.25) is 0 Å². The maximum Gasteiger partial charge on any atom is 0.274 e. The second-order valence-electron chi connectivity index (χ2n) is 9.34. The molecule has 1 unspecified atom stereocenters. The molecule has 4 rings (SSSR count). The van der Waals surface area contributed by atoms with Gasteiger partial charge in [0.05, 0.1) is 0 Å². The van der Waals surface area contributed by atoms with Gasteiger partial charge < -0.3 is 15.1 Å². The summed E-state index contributed by atoms with van der Waals surface area (Å²) in [6, 6.07) is 0.458. The first-order chi connectivity index (χ1) is 14.7. The lowest BCUT2D eigenvalue weighted by atomic mass is 9.90. The molecule has 1 aliphatic heterocycles. The van der Waals surface area contributed by atoms with Crippen molar-refractivity contribution in [3.8, 4) is 0 Å². The molecule has 1 atom stereocenters. The molecule has 166 valence electrons. The predicted molar refractivity (Wildman–Crippen MR) is 121 cm³/mol. The first-order valence-electron chi connectivity index (χ1n) is 12.1. The molecule has 1 fully saturated rings. The fraction of sp³-hybridized carbons (Fsp3) is 0.750. The Hall–Kier alpha value is -1.66. The lowest BCUT2D eigenvalue weighted by molar-refractivity contribution is 0.0656. The number of piperazine rings is 1. The van der Waals surface area contributed by atoms with Gasteiger partial charge in [-0.05, 0) is 71.4 Å². The number of likely N-dealkylation sites (N-methyl/N-ethyl adjacent to an activating group) is 1. The van der Waals surface area contributed by atoms with E-state index >= 15 is 0 Å². The zero-order valence-electron chi connectivity index (χ0n) is 19.0. The number of nitrogens with zero attached hydrogens (tertiary/aromatic N) is 4. The maximum atomic E-state index is 13.3. The van der Waals surface area contributed by atoms with Crippen LogP contribution in [0.25, 0.3) is 0 Å². The van der Waals surface area contributed by atoms with Gasteiger partial charge >= 0.3 is 0 Å². The van der Waals surface area contributed by atoms with Crippen molar-refractivity contribution in [2.24, 2.45) is 0 Å². The minimum atomic E-state index is 0.141. The van der Waals surface area contributed by atoms with Crippen LogP contribution in [0.15, 0.2) is 11.6 Å². The molecule has 6 heteroatoms. The van der Waals surface area contributed by atoms with Gasteiger partial charge in [0, 0.05) is 50.0 Å². The van der Waals surface area contributed by atoms with Crippen LogP contribution in [0.5, 0.6) is 0 Å². The average Bonchev–Trinajstić information content (AvgIpc) is 3.13. The Morgan fingerprint density at radius 3 is 2.77 bits per heavy atom. The summed E-state index contributed by atoms with van der Waals surface area (Å²) in [6.45, 7) is 7.65. The van der Waals surface area contributed by atoms with Crippen LogP contribution in [0.3, 0.4) is 0 Å². The second kappa shape index (κ2) is 10.1. The summed E-state index contributed by atoms with van der Waals surface area (Å²) in [4.78, 5) is 17.6. The van der Waals surface area contributed by atoms with Gasteiger partial charge in [-0.3, -0.25) is 9.48 Å². The second-order valence-corrected chi connectivity index (χ2v) is 9.34. The summed E-state index contributed by atoms with van der Waals surface area (Å²) < 4.78 is 2.13. The molecule has 0 saturated carbocycles. The molecule has 2 aliphatic carbocycles. The monoisotopic (exact) mass is 413 g/mol. The minimum Gasteiger partial charge on any atom is -0.335 e. The molecule has 0 radical (unpaired) electrons. The zero-order chi connectivity index (χ0) is 20.9. The maximum absolute atomic E-state index is 13.3. The number of hydrogen-bond acceptors (Lipinski definition) is 4. The summed E-state index contributed by atoms with van der Waals surface area (Å²) in [5, 5.41) is 8.63. The summed E-state index contributed by atoms with van der Waals surface area (Å²) >= 11 is 0. The lowest BCUT2D eigenvalue weighted by Crippen LogP contribution is -2.47. The van der Waals surface area contributed by atoms with Crippen molar-refractivity contribution < 1.29 is 4.79 Å². The molecule has 0 bridgehead atoms. The van der Waals surface area contributed by atoms with E-state index in [9.17, 15) is 4.79 Å². The van der Waals surface area contributed by atoms with Gasteiger partial charge in [-0.15, -0.1) is 0 Å². The number of carbonyl (C=O) groups is 1. The van der Waals surface area contributed by atoms with Crippen molar-refractivity contribution in [1.82, 2.24) is 24.9 Å². The Balaban J connectivity index is 1.43. The molecule has 1 aromatic rings. The number of amides is 1. The topological polar surface area (TPSA) is 53.4 Å². The summed E-state index contributed by atoms with van der Waals surface area (Å²) in [5.41, 5.74) is 4.88. The van der Waals surface area contributed by atoms with Gasteiger partial charge in [0.25, 0.3) is 5.91 Å². The molecule has 3 aliphatic rings. The Morgan fingerprint density at radius 1 is 1.20 bits per heavy atom. The van der Waals surface area contributed by atoms with Crippen molar-refractivity contribution in [3.63, 3.8) is 0 Å². The highest BCUT2D eigenvalue weighted by Gasteiger charge is 2.31. The van der Waals surface area contributed by atoms with E-state index in [-0.39, 0.29) is 5.91 Å². The van der Waals surface area contributed by atoms with Crippen molar-refractivity contribution in [3.05, 3.63) is 28.6 Å². The third-order valence-electron chi connectivity index (χ3n) is 7.04. The minimum absolute atomic E-state index is 0.141. The normalized spacial score (nSPS) is 22.7. The molecule has 0 spiro atoms. The molecule has 1 amide bonds.